The van der Waals surface area contributed by atoms with Gasteiger partial charge in [0.1, 0.15) is 5.75 Å². The molecule has 0 aliphatic rings. The van der Waals surface area contributed by atoms with Gasteiger partial charge in [0.15, 0.2) is 0 Å². The van der Waals surface area contributed by atoms with Gasteiger partial charge >= 0.3 is 5.97 Å². The minimum absolute atomic E-state index is 0.360. The first-order valence-corrected chi connectivity index (χ1v) is 7.09. The van der Waals surface area contributed by atoms with Gasteiger partial charge in [0, 0.05) is 0 Å². The first-order chi connectivity index (χ1) is 9.61. The van der Waals surface area contributed by atoms with Crippen LogP contribution in [-0.2, 0) is 0 Å². The summed E-state index contributed by atoms with van der Waals surface area (Å²) >= 11 is 1.61. The third kappa shape index (κ3) is 2.56. The summed E-state index contributed by atoms with van der Waals surface area (Å²) in [6, 6.07) is 12.9. The zero-order valence-corrected chi connectivity index (χ0v) is 12.0. The van der Waals surface area contributed by atoms with Crippen LogP contribution in [-0.4, -0.2) is 11.0 Å². The van der Waals surface area contributed by atoms with Crippen LogP contribution in [0, 0.1) is 13.8 Å². The number of benzene rings is 2. The number of nitrogens with zero attached hydrogens (tertiary/aromatic N) is 1. The van der Waals surface area contributed by atoms with Gasteiger partial charge in [-0.1, -0.05) is 17.7 Å². The SMILES string of the molecule is Cc1ccc(OC(=O)c2ccc3sc(C)nc3c2)cc1. The number of hydrogen-bond acceptors (Lipinski definition) is 4. The van der Waals surface area contributed by atoms with Gasteiger partial charge in [-0.25, -0.2) is 9.78 Å². The Morgan fingerprint density at radius 1 is 1.10 bits per heavy atom. The van der Waals surface area contributed by atoms with E-state index >= 15 is 0 Å². The molecule has 0 unspecified atom stereocenters. The van der Waals surface area contributed by atoms with E-state index in [0.717, 1.165) is 20.8 Å². The molecule has 3 aromatic rings. The van der Waals surface area contributed by atoms with Gasteiger partial charge in [0.25, 0.3) is 0 Å². The largest absolute Gasteiger partial charge is 0.423 e. The molecule has 0 fully saturated rings. The first-order valence-electron chi connectivity index (χ1n) is 6.28. The van der Waals surface area contributed by atoms with Crippen LogP contribution in [0.3, 0.4) is 0 Å². The number of carbonyl (C=O) groups excluding carboxylic acids is 1. The van der Waals surface area contributed by atoms with Crippen LogP contribution >= 0.6 is 11.3 Å². The van der Waals surface area contributed by atoms with Gasteiger partial charge in [-0.05, 0) is 44.2 Å². The van der Waals surface area contributed by atoms with Crippen molar-refractivity contribution in [2.24, 2.45) is 0 Å². The maximum atomic E-state index is 12.1. The summed E-state index contributed by atoms with van der Waals surface area (Å²) in [6.07, 6.45) is 0. The number of ether oxygens (including phenoxy) is 1. The van der Waals surface area contributed by atoms with Crippen molar-refractivity contribution >= 4 is 27.5 Å². The molecule has 0 atom stereocenters. The smallest absolute Gasteiger partial charge is 0.343 e. The van der Waals surface area contributed by atoms with E-state index in [4.69, 9.17) is 4.74 Å². The second kappa shape index (κ2) is 5.06. The second-order valence-electron chi connectivity index (χ2n) is 4.62. The molecule has 0 amide bonds. The van der Waals surface area contributed by atoms with E-state index in [2.05, 4.69) is 4.98 Å². The molecule has 1 heterocycles. The topological polar surface area (TPSA) is 39.2 Å². The van der Waals surface area contributed by atoms with Crippen molar-refractivity contribution in [1.82, 2.24) is 4.98 Å². The van der Waals surface area contributed by atoms with Crippen molar-refractivity contribution in [3.63, 3.8) is 0 Å². The first kappa shape index (κ1) is 12.8. The molecular weight excluding hydrogens is 270 g/mol. The molecule has 0 saturated heterocycles. The lowest BCUT2D eigenvalue weighted by atomic mass is 10.2. The van der Waals surface area contributed by atoms with Crippen molar-refractivity contribution in [1.29, 1.82) is 0 Å². The van der Waals surface area contributed by atoms with Crippen molar-refractivity contribution in [2.75, 3.05) is 0 Å². The monoisotopic (exact) mass is 283 g/mol. The minimum atomic E-state index is -0.360. The van der Waals surface area contributed by atoms with Crippen molar-refractivity contribution in [2.45, 2.75) is 13.8 Å². The predicted octanol–water partition coefficient (Wildman–Crippen LogP) is 4.13. The van der Waals surface area contributed by atoms with Crippen LogP contribution in [0.15, 0.2) is 42.5 Å². The number of aromatic nitrogens is 1. The maximum absolute atomic E-state index is 12.1. The fraction of sp³-hybridized carbons (Fsp3) is 0.125. The van der Waals surface area contributed by atoms with E-state index in [9.17, 15) is 4.79 Å². The van der Waals surface area contributed by atoms with Crippen LogP contribution in [0.5, 0.6) is 5.75 Å². The third-order valence-electron chi connectivity index (χ3n) is 2.96. The average molecular weight is 283 g/mol. The molecule has 3 nitrogen and oxygen atoms in total. The predicted molar refractivity (Wildman–Crippen MR) is 80.5 cm³/mol. The van der Waals surface area contributed by atoms with Gasteiger partial charge < -0.3 is 4.74 Å². The summed E-state index contributed by atoms with van der Waals surface area (Å²) in [4.78, 5) is 16.5. The van der Waals surface area contributed by atoms with Gasteiger partial charge in [-0.15, -0.1) is 11.3 Å². The van der Waals surface area contributed by atoms with Crippen molar-refractivity contribution in [3.8, 4) is 5.75 Å². The van der Waals surface area contributed by atoms with E-state index in [1.54, 1.807) is 35.6 Å². The Bertz CT molecular complexity index is 775. The summed E-state index contributed by atoms with van der Waals surface area (Å²) in [7, 11) is 0. The number of aryl methyl sites for hydroxylation is 2. The molecule has 1 aromatic heterocycles. The number of rotatable bonds is 2. The van der Waals surface area contributed by atoms with Gasteiger partial charge in [-0.3, -0.25) is 0 Å². The zero-order chi connectivity index (χ0) is 14.1. The quantitative estimate of drug-likeness (QED) is 0.524. The molecular formula is C16H13NO2S. The molecule has 4 heteroatoms. The number of esters is 1. The number of hydrogen-bond donors (Lipinski definition) is 0. The molecule has 0 aliphatic heterocycles. The highest BCUT2D eigenvalue weighted by Crippen LogP contribution is 2.23. The van der Waals surface area contributed by atoms with Crippen LogP contribution in [0.2, 0.25) is 0 Å². The molecule has 0 aliphatic carbocycles. The zero-order valence-electron chi connectivity index (χ0n) is 11.2. The van der Waals surface area contributed by atoms with Crippen molar-refractivity contribution < 1.29 is 9.53 Å². The Kier molecular flexibility index (Phi) is 3.24. The summed E-state index contributed by atoms with van der Waals surface area (Å²) in [5, 5.41) is 0.990. The molecule has 20 heavy (non-hydrogen) atoms. The van der Waals surface area contributed by atoms with Crippen molar-refractivity contribution in [3.05, 3.63) is 58.6 Å². The third-order valence-corrected chi connectivity index (χ3v) is 3.91. The molecule has 100 valence electrons. The fourth-order valence-corrected chi connectivity index (χ4v) is 2.75. The Labute approximate surface area is 120 Å². The highest BCUT2D eigenvalue weighted by Gasteiger charge is 2.10. The Hall–Kier alpha value is -2.20. The Morgan fingerprint density at radius 2 is 1.85 bits per heavy atom. The van der Waals surface area contributed by atoms with Crippen LogP contribution in [0.1, 0.15) is 20.9 Å². The van der Waals surface area contributed by atoms with E-state index in [1.165, 1.54) is 0 Å². The Morgan fingerprint density at radius 3 is 2.60 bits per heavy atom. The highest BCUT2D eigenvalue weighted by atomic mass is 32.1. The molecule has 2 aromatic carbocycles. The maximum Gasteiger partial charge on any atom is 0.343 e. The lowest BCUT2D eigenvalue weighted by molar-refractivity contribution is 0.0735. The van der Waals surface area contributed by atoms with E-state index < -0.39 is 0 Å². The standard InChI is InChI=1S/C16H13NO2S/c1-10-3-6-13(7-4-10)19-16(18)12-5-8-15-14(9-12)17-11(2)20-15/h3-9H,1-2H3. The molecule has 0 saturated carbocycles. The lowest BCUT2D eigenvalue weighted by Crippen LogP contribution is -2.08. The van der Waals surface area contributed by atoms with Crippen LogP contribution in [0.4, 0.5) is 0 Å². The van der Waals surface area contributed by atoms with Crippen LogP contribution in [0.25, 0.3) is 10.2 Å². The summed E-state index contributed by atoms with van der Waals surface area (Å²) in [5.74, 6) is 0.191. The summed E-state index contributed by atoms with van der Waals surface area (Å²) in [5.41, 5.74) is 2.48. The number of thiazole rings is 1. The molecule has 0 N–H and O–H groups in total. The fourth-order valence-electron chi connectivity index (χ4n) is 1.94. The lowest BCUT2D eigenvalue weighted by Gasteiger charge is -2.04. The second-order valence-corrected chi connectivity index (χ2v) is 5.85. The summed E-state index contributed by atoms with van der Waals surface area (Å²) < 4.78 is 6.43. The average Bonchev–Trinajstić information content (AvgIpc) is 2.80. The molecule has 3 rings (SSSR count). The number of carbonyl (C=O) groups is 1. The normalized spacial score (nSPS) is 10.7. The van der Waals surface area contributed by atoms with Gasteiger partial charge in [-0.2, -0.15) is 0 Å². The molecule has 0 bridgehead atoms. The Balaban J connectivity index is 1.86. The van der Waals surface area contributed by atoms with E-state index in [-0.39, 0.29) is 5.97 Å². The molecule has 0 spiro atoms. The van der Waals surface area contributed by atoms with E-state index in [1.807, 2.05) is 32.0 Å². The van der Waals surface area contributed by atoms with E-state index in [0.29, 0.717) is 11.3 Å². The van der Waals surface area contributed by atoms with Gasteiger partial charge in [0.2, 0.25) is 0 Å². The van der Waals surface area contributed by atoms with Gasteiger partial charge in [0.05, 0.1) is 20.8 Å². The van der Waals surface area contributed by atoms with Crippen LogP contribution < -0.4 is 4.74 Å². The summed E-state index contributed by atoms with van der Waals surface area (Å²) in [6.45, 7) is 3.94. The number of fused-ring (bicyclic) bond motifs is 1. The minimum Gasteiger partial charge on any atom is -0.423 e. The molecule has 0 radical (unpaired) electrons. The highest BCUT2D eigenvalue weighted by molar-refractivity contribution is 7.18.